The Hall–Kier alpha value is -4.98. The Bertz CT molecular complexity index is 1620. The first-order chi connectivity index (χ1) is 17.3. The van der Waals surface area contributed by atoms with Crippen molar-refractivity contribution in [3.05, 3.63) is 85.3 Å². The highest BCUT2D eigenvalue weighted by Gasteiger charge is 2.22. The Morgan fingerprint density at radius 3 is 2.39 bits per heavy atom. The minimum atomic E-state index is -0.230. The summed E-state index contributed by atoms with van der Waals surface area (Å²) in [5.74, 6) is 0.304. The third-order valence-electron chi connectivity index (χ3n) is 6.03. The molecule has 5 rings (SSSR count). The van der Waals surface area contributed by atoms with Crippen LogP contribution in [0.5, 0.6) is 5.75 Å². The molecule has 0 radical (unpaired) electrons. The average molecular weight is 477 g/mol. The molecule has 0 atom stereocenters. The zero-order valence-corrected chi connectivity index (χ0v) is 19.9. The van der Waals surface area contributed by atoms with Crippen molar-refractivity contribution in [2.75, 3.05) is 11.1 Å². The molecule has 8 nitrogen and oxygen atoms in total. The van der Waals surface area contributed by atoms with Gasteiger partial charge < -0.3 is 20.7 Å². The lowest BCUT2D eigenvalue weighted by atomic mass is 9.99. The Morgan fingerprint density at radius 1 is 1.00 bits per heavy atom. The topological polar surface area (TPSA) is 119 Å². The van der Waals surface area contributed by atoms with E-state index in [0.717, 1.165) is 27.8 Å². The maximum absolute atomic E-state index is 12.0. The number of aryl methyl sites for hydroxylation is 1. The molecule has 4 N–H and O–H groups in total. The van der Waals surface area contributed by atoms with E-state index in [1.807, 2.05) is 60.1 Å². The Morgan fingerprint density at radius 2 is 1.72 bits per heavy atom. The molecule has 0 fully saturated rings. The minimum absolute atomic E-state index is 0.167. The van der Waals surface area contributed by atoms with E-state index < -0.39 is 0 Å². The smallest absolute Gasteiger partial charge is 0.250 e. The van der Waals surface area contributed by atoms with Crippen molar-refractivity contribution in [2.45, 2.75) is 6.92 Å². The Labute approximate surface area is 207 Å². The van der Waals surface area contributed by atoms with E-state index in [2.05, 4.69) is 26.8 Å². The predicted octanol–water partition coefficient (Wildman–Crippen LogP) is 5.17. The SMILES string of the molecule is C=C(C)C(=O)Nc1ccc(-c2c(-c3ccc(-c4ccccc4O)nc3)c3c(N)ncnc3n2C)cc1. The van der Waals surface area contributed by atoms with Crippen LogP contribution in [0, 0.1) is 0 Å². The van der Waals surface area contributed by atoms with E-state index in [1.54, 1.807) is 25.3 Å². The number of rotatable bonds is 5. The first-order valence-electron chi connectivity index (χ1n) is 11.3. The number of para-hydroxylation sites is 1. The molecule has 36 heavy (non-hydrogen) atoms. The molecule has 5 aromatic rings. The van der Waals surface area contributed by atoms with E-state index >= 15 is 0 Å². The van der Waals surface area contributed by atoms with Crippen LogP contribution >= 0.6 is 0 Å². The lowest BCUT2D eigenvalue weighted by Crippen LogP contribution is -2.11. The lowest BCUT2D eigenvalue weighted by molar-refractivity contribution is -0.112. The molecule has 3 aromatic heterocycles. The van der Waals surface area contributed by atoms with Crippen LogP contribution in [0.2, 0.25) is 0 Å². The Kier molecular flexibility index (Phi) is 5.69. The number of aromatic nitrogens is 4. The molecule has 178 valence electrons. The molecule has 0 unspecified atom stereocenters. The molecule has 0 aliphatic carbocycles. The molecule has 8 heteroatoms. The van der Waals surface area contributed by atoms with Crippen molar-refractivity contribution in [1.82, 2.24) is 19.5 Å². The monoisotopic (exact) mass is 476 g/mol. The minimum Gasteiger partial charge on any atom is -0.507 e. The number of nitrogens with one attached hydrogen (secondary N) is 1. The second-order valence-electron chi connectivity index (χ2n) is 8.50. The van der Waals surface area contributed by atoms with E-state index in [0.29, 0.717) is 34.0 Å². The fourth-order valence-corrected chi connectivity index (χ4v) is 4.24. The molecule has 0 aliphatic heterocycles. The number of carbonyl (C=O) groups is 1. The van der Waals surface area contributed by atoms with Gasteiger partial charge in [-0.2, -0.15) is 0 Å². The van der Waals surface area contributed by atoms with Crippen LogP contribution in [0.4, 0.5) is 11.5 Å². The third-order valence-corrected chi connectivity index (χ3v) is 6.03. The normalized spacial score (nSPS) is 10.9. The molecule has 0 aliphatic rings. The largest absolute Gasteiger partial charge is 0.507 e. The van der Waals surface area contributed by atoms with Crippen molar-refractivity contribution < 1.29 is 9.90 Å². The number of phenols is 1. The van der Waals surface area contributed by atoms with Gasteiger partial charge >= 0.3 is 0 Å². The number of aromatic hydroxyl groups is 1. The van der Waals surface area contributed by atoms with Gasteiger partial charge in [-0.15, -0.1) is 0 Å². The highest BCUT2D eigenvalue weighted by atomic mass is 16.3. The van der Waals surface area contributed by atoms with Crippen molar-refractivity contribution in [2.24, 2.45) is 7.05 Å². The molecular weight excluding hydrogens is 452 g/mol. The summed E-state index contributed by atoms with van der Waals surface area (Å²) < 4.78 is 1.97. The van der Waals surface area contributed by atoms with Gasteiger partial charge in [-0.1, -0.05) is 36.9 Å². The number of anilines is 2. The quantitative estimate of drug-likeness (QED) is 0.301. The summed E-state index contributed by atoms with van der Waals surface area (Å²) in [7, 11) is 1.92. The molecule has 0 spiro atoms. The van der Waals surface area contributed by atoms with Gasteiger partial charge in [-0.25, -0.2) is 9.97 Å². The summed E-state index contributed by atoms with van der Waals surface area (Å²) in [6.07, 6.45) is 3.20. The fraction of sp³-hybridized carbons (Fsp3) is 0.0714. The highest BCUT2D eigenvalue weighted by molar-refractivity contribution is 6.08. The maximum atomic E-state index is 12.0. The number of fused-ring (bicyclic) bond motifs is 1. The number of hydrogen-bond acceptors (Lipinski definition) is 6. The lowest BCUT2D eigenvalue weighted by Gasteiger charge is -2.11. The van der Waals surface area contributed by atoms with Crippen LogP contribution in [0.15, 0.2) is 85.3 Å². The maximum Gasteiger partial charge on any atom is 0.250 e. The molecule has 0 saturated heterocycles. The highest BCUT2D eigenvalue weighted by Crippen LogP contribution is 2.42. The predicted molar refractivity (Wildman–Crippen MR) is 142 cm³/mol. The summed E-state index contributed by atoms with van der Waals surface area (Å²) in [6, 6.07) is 18.4. The number of hydrogen-bond donors (Lipinski definition) is 3. The second-order valence-corrected chi connectivity index (χ2v) is 8.50. The van der Waals surface area contributed by atoms with Crippen LogP contribution < -0.4 is 11.1 Å². The summed E-state index contributed by atoms with van der Waals surface area (Å²) in [5, 5.41) is 13.8. The summed E-state index contributed by atoms with van der Waals surface area (Å²) in [6.45, 7) is 5.34. The molecular formula is C28H24N6O2. The fourth-order valence-electron chi connectivity index (χ4n) is 4.24. The molecule has 3 heterocycles. The summed E-state index contributed by atoms with van der Waals surface area (Å²) in [4.78, 5) is 25.3. The third kappa shape index (κ3) is 3.94. The molecule has 0 saturated carbocycles. The van der Waals surface area contributed by atoms with Crippen LogP contribution in [0.25, 0.3) is 44.7 Å². The van der Waals surface area contributed by atoms with Crippen LogP contribution in [-0.4, -0.2) is 30.5 Å². The van der Waals surface area contributed by atoms with Gasteiger partial charge in [0.25, 0.3) is 5.91 Å². The van der Waals surface area contributed by atoms with Gasteiger partial charge in [0.15, 0.2) is 0 Å². The van der Waals surface area contributed by atoms with E-state index in [-0.39, 0.29) is 11.7 Å². The second kappa shape index (κ2) is 8.99. The first kappa shape index (κ1) is 22.8. The van der Waals surface area contributed by atoms with E-state index in [4.69, 9.17) is 5.73 Å². The standard InChI is InChI=1S/C28H24N6O2/c1-16(2)28(36)33-19-11-8-17(9-12-19)25-23(24-26(29)31-15-32-27(24)34(25)3)18-10-13-21(30-14-18)20-6-4-5-7-22(20)35/h4-15,35H,1H2,2-3H3,(H,33,36)(H2,29,31,32). The number of nitrogen functional groups attached to an aromatic ring is 1. The van der Waals surface area contributed by atoms with Gasteiger partial charge in [0.1, 0.15) is 23.5 Å². The number of benzene rings is 2. The van der Waals surface area contributed by atoms with Gasteiger partial charge in [0, 0.05) is 41.2 Å². The van der Waals surface area contributed by atoms with Gasteiger partial charge in [0.05, 0.1) is 16.8 Å². The zero-order valence-electron chi connectivity index (χ0n) is 19.9. The van der Waals surface area contributed by atoms with Crippen molar-refractivity contribution in [3.8, 4) is 39.4 Å². The van der Waals surface area contributed by atoms with Crippen molar-refractivity contribution in [3.63, 3.8) is 0 Å². The van der Waals surface area contributed by atoms with E-state index in [1.165, 1.54) is 6.33 Å². The number of nitrogens with zero attached hydrogens (tertiary/aromatic N) is 4. The van der Waals surface area contributed by atoms with Gasteiger partial charge in [0.2, 0.25) is 0 Å². The van der Waals surface area contributed by atoms with Crippen LogP contribution in [0.3, 0.4) is 0 Å². The molecule has 0 bridgehead atoms. The molecule has 1 amide bonds. The number of pyridine rings is 1. The molecule has 2 aromatic carbocycles. The first-order valence-corrected chi connectivity index (χ1v) is 11.3. The number of amides is 1. The average Bonchev–Trinajstić information content (AvgIpc) is 3.18. The zero-order chi connectivity index (χ0) is 25.4. The Balaban J connectivity index is 1.65. The van der Waals surface area contributed by atoms with Crippen LogP contribution in [-0.2, 0) is 11.8 Å². The number of nitrogens with two attached hydrogens (primary N) is 1. The number of carbonyl (C=O) groups excluding carboxylic acids is 1. The summed E-state index contributed by atoms with van der Waals surface area (Å²) >= 11 is 0. The van der Waals surface area contributed by atoms with Crippen LogP contribution in [0.1, 0.15) is 6.92 Å². The van der Waals surface area contributed by atoms with Gasteiger partial charge in [-0.05, 0) is 42.8 Å². The van der Waals surface area contributed by atoms with Gasteiger partial charge in [-0.3, -0.25) is 9.78 Å². The van der Waals surface area contributed by atoms with Crippen molar-refractivity contribution >= 4 is 28.4 Å². The van der Waals surface area contributed by atoms with E-state index in [9.17, 15) is 9.90 Å². The number of phenolic OH excluding ortho intramolecular Hbond substituents is 1. The van der Waals surface area contributed by atoms with Crippen molar-refractivity contribution in [1.29, 1.82) is 0 Å². The summed E-state index contributed by atoms with van der Waals surface area (Å²) in [5.41, 5.74) is 12.9.